The summed E-state index contributed by atoms with van der Waals surface area (Å²) in [6, 6.07) is 6.52. The first-order valence-corrected chi connectivity index (χ1v) is 8.04. The molecule has 1 aliphatic heterocycles. The van der Waals surface area contributed by atoms with Gasteiger partial charge in [-0.15, -0.1) is 0 Å². The van der Waals surface area contributed by atoms with E-state index in [4.69, 9.17) is 0 Å². The van der Waals surface area contributed by atoms with Crippen LogP contribution in [0.4, 0.5) is 0 Å². The van der Waals surface area contributed by atoms with Gasteiger partial charge in [0.05, 0.1) is 11.1 Å². The van der Waals surface area contributed by atoms with Gasteiger partial charge in [0.2, 0.25) is 0 Å². The molecule has 1 aromatic heterocycles. The number of hydrogen-bond donors (Lipinski definition) is 2. The minimum Gasteiger partial charge on any atom is -0.387 e. The highest BCUT2D eigenvalue weighted by atomic mass is 16.3. The molecule has 2 aromatic rings. The molecule has 0 saturated carbocycles. The number of β-amino-alcohol motifs (C(OH)–C–C–N with tert-alkyl or cyclic N) is 1. The number of nitrogens with one attached hydrogen (secondary N) is 1. The van der Waals surface area contributed by atoms with Crippen molar-refractivity contribution in [2.45, 2.75) is 32.4 Å². The van der Waals surface area contributed by atoms with Gasteiger partial charge < -0.3 is 15.0 Å². The van der Waals surface area contributed by atoms with Crippen LogP contribution in [0.3, 0.4) is 0 Å². The molecule has 1 atom stereocenters. The van der Waals surface area contributed by atoms with Crippen LogP contribution in [0.1, 0.15) is 23.2 Å². The molecule has 3 rings (SSSR count). The third-order valence-electron chi connectivity index (χ3n) is 4.85. The normalized spacial score (nSPS) is 23.0. The lowest BCUT2D eigenvalue weighted by atomic mass is 10.0. The number of aromatic amines is 1. The van der Waals surface area contributed by atoms with Crippen molar-refractivity contribution < 1.29 is 5.11 Å². The predicted octanol–water partition coefficient (Wildman–Crippen LogP) is 2.28. The van der Waals surface area contributed by atoms with Gasteiger partial charge in [0.15, 0.2) is 0 Å². The topological polar surface area (TPSA) is 42.5 Å². The SMILES string of the molecule is Cc1[nH]c2c(CN3CCC(O)(CN(C)C)C3)cccc2c1C. The number of benzene rings is 1. The fourth-order valence-corrected chi connectivity index (χ4v) is 3.71. The Hall–Kier alpha value is -1.36. The molecule has 1 unspecified atom stereocenters. The lowest BCUT2D eigenvalue weighted by Crippen LogP contribution is -2.42. The average Bonchev–Trinajstić information content (AvgIpc) is 2.92. The number of fused-ring (bicyclic) bond motifs is 1. The molecule has 0 amide bonds. The molecule has 1 saturated heterocycles. The Balaban J connectivity index is 1.79. The van der Waals surface area contributed by atoms with Gasteiger partial charge in [0.1, 0.15) is 0 Å². The number of para-hydroxylation sites is 1. The number of likely N-dealkylation sites (N-methyl/N-ethyl adjacent to an activating group) is 1. The second kappa shape index (κ2) is 5.69. The minimum atomic E-state index is -0.570. The Morgan fingerprint density at radius 2 is 2.09 bits per heavy atom. The van der Waals surface area contributed by atoms with Crippen molar-refractivity contribution >= 4 is 10.9 Å². The molecule has 2 heterocycles. The van der Waals surface area contributed by atoms with Gasteiger partial charge in [-0.1, -0.05) is 18.2 Å². The van der Waals surface area contributed by atoms with E-state index in [0.717, 1.165) is 32.6 Å². The summed E-state index contributed by atoms with van der Waals surface area (Å²) < 4.78 is 0. The fourth-order valence-electron chi connectivity index (χ4n) is 3.71. The summed E-state index contributed by atoms with van der Waals surface area (Å²) >= 11 is 0. The van der Waals surface area contributed by atoms with E-state index in [9.17, 15) is 5.11 Å². The first-order valence-electron chi connectivity index (χ1n) is 8.04. The zero-order chi connectivity index (χ0) is 15.9. The summed E-state index contributed by atoms with van der Waals surface area (Å²) in [7, 11) is 4.04. The summed E-state index contributed by atoms with van der Waals surface area (Å²) in [5.74, 6) is 0. The van der Waals surface area contributed by atoms with Crippen LogP contribution < -0.4 is 0 Å². The van der Waals surface area contributed by atoms with Crippen LogP contribution in [0.15, 0.2) is 18.2 Å². The number of aromatic nitrogens is 1. The van der Waals surface area contributed by atoms with Crippen molar-refractivity contribution in [3.63, 3.8) is 0 Å². The molecule has 2 N–H and O–H groups in total. The van der Waals surface area contributed by atoms with E-state index in [2.05, 4.69) is 46.8 Å². The van der Waals surface area contributed by atoms with Crippen molar-refractivity contribution in [1.29, 1.82) is 0 Å². The number of likely N-dealkylation sites (tertiary alicyclic amines) is 1. The summed E-state index contributed by atoms with van der Waals surface area (Å²) in [5.41, 5.74) is 4.58. The van der Waals surface area contributed by atoms with E-state index in [1.54, 1.807) is 0 Å². The second-order valence-electron chi connectivity index (χ2n) is 7.14. The quantitative estimate of drug-likeness (QED) is 0.910. The summed E-state index contributed by atoms with van der Waals surface area (Å²) in [6.07, 6.45) is 0.851. The van der Waals surface area contributed by atoms with E-state index >= 15 is 0 Å². The molecule has 0 bridgehead atoms. The van der Waals surface area contributed by atoms with Crippen LogP contribution in [0.2, 0.25) is 0 Å². The van der Waals surface area contributed by atoms with E-state index in [1.807, 2.05) is 14.1 Å². The Bertz CT molecular complexity index is 676. The summed E-state index contributed by atoms with van der Waals surface area (Å²) in [4.78, 5) is 7.96. The van der Waals surface area contributed by atoms with Crippen LogP contribution >= 0.6 is 0 Å². The first-order chi connectivity index (χ1) is 10.4. The maximum atomic E-state index is 10.7. The highest BCUT2D eigenvalue weighted by Crippen LogP contribution is 2.28. The molecule has 4 nitrogen and oxygen atoms in total. The molecule has 1 aromatic carbocycles. The maximum absolute atomic E-state index is 10.7. The standard InChI is InChI=1S/C18H27N3O/c1-13-14(2)19-17-15(6-5-7-16(13)17)10-21-9-8-18(22,12-21)11-20(3)4/h5-7,19,22H,8-12H2,1-4H3. The van der Waals surface area contributed by atoms with Gasteiger partial charge in [0, 0.05) is 37.3 Å². The summed E-state index contributed by atoms with van der Waals surface area (Å²) in [5, 5.41) is 12.0. The molecule has 1 fully saturated rings. The lowest BCUT2D eigenvalue weighted by molar-refractivity contribution is 0.0240. The molecular formula is C18H27N3O. The van der Waals surface area contributed by atoms with Gasteiger partial charge in [0.25, 0.3) is 0 Å². The van der Waals surface area contributed by atoms with Crippen LogP contribution in [0, 0.1) is 13.8 Å². The minimum absolute atomic E-state index is 0.570. The van der Waals surface area contributed by atoms with E-state index < -0.39 is 5.60 Å². The maximum Gasteiger partial charge on any atom is 0.0912 e. The van der Waals surface area contributed by atoms with Crippen molar-refractivity contribution in [3.05, 3.63) is 35.0 Å². The van der Waals surface area contributed by atoms with Crippen LogP contribution in [-0.4, -0.2) is 59.2 Å². The molecule has 1 aliphatic rings. The van der Waals surface area contributed by atoms with Crippen molar-refractivity contribution in [3.8, 4) is 0 Å². The van der Waals surface area contributed by atoms with Gasteiger partial charge in [-0.25, -0.2) is 0 Å². The number of nitrogens with zero attached hydrogens (tertiary/aromatic N) is 2. The molecule has 22 heavy (non-hydrogen) atoms. The largest absolute Gasteiger partial charge is 0.387 e. The third-order valence-corrected chi connectivity index (χ3v) is 4.85. The van der Waals surface area contributed by atoms with Crippen LogP contribution in [0.5, 0.6) is 0 Å². The fraction of sp³-hybridized carbons (Fsp3) is 0.556. The number of hydrogen-bond acceptors (Lipinski definition) is 3. The van der Waals surface area contributed by atoms with Gasteiger partial charge in [-0.05, 0) is 45.5 Å². The van der Waals surface area contributed by atoms with Crippen molar-refractivity contribution in [1.82, 2.24) is 14.8 Å². The monoisotopic (exact) mass is 301 g/mol. The molecule has 120 valence electrons. The number of rotatable bonds is 4. The Morgan fingerprint density at radius 3 is 2.82 bits per heavy atom. The highest BCUT2D eigenvalue weighted by molar-refractivity contribution is 5.87. The van der Waals surface area contributed by atoms with Crippen molar-refractivity contribution in [2.75, 3.05) is 33.7 Å². The zero-order valence-electron chi connectivity index (χ0n) is 14.1. The van der Waals surface area contributed by atoms with Gasteiger partial charge in [-0.3, -0.25) is 4.90 Å². The van der Waals surface area contributed by atoms with Crippen molar-refractivity contribution in [2.24, 2.45) is 0 Å². The Morgan fingerprint density at radius 1 is 1.32 bits per heavy atom. The van der Waals surface area contributed by atoms with E-state index in [1.165, 1.54) is 27.7 Å². The summed E-state index contributed by atoms with van der Waals surface area (Å²) in [6.45, 7) is 7.63. The number of aliphatic hydroxyl groups is 1. The van der Waals surface area contributed by atoms with Crippen LogP contribution in [-0.2, 0) is 6.54 Å². The Labute approximate surface area is 132 Å². The molecule has 0 aliphatic carbocycles. The third kappa shape index (κ3) is 2.91. The molecule has 0 radical (unpaired) electrons. The Kier molecular flexibility index (Phi) is 4.02. The molecule has 0 spiro atoms. The van der Waals surface area contributed by atoms with Gasteiger partial charge >= 0.3 is 0 Å². The average molecular weight is 301 g/mol. The number of H-pyrrole nitrogens is 1. The highest BCUT2D eigenvalue weighted by Gasteiger charge is 2.36. The zero-order valence-corrected chi connectivity index (χ0v) is 14.1. The second-order valence-corrected chi connectivity index (χ2v) is 7.14. The number of aryl methyl sites for hydroxylation is 2. The lowest BCUT2D eigenvalue weighted by Gasteiger charge is -2.26. The predicted molar refractivity (Wildman–Crippen MR) is 91.2 cm³/mol. The molecular weight excluding hydrogens is 274 g/mol. The van der Waals surface area contributed by atoms with Crippen LogP contribution in [0.25, 0.3) is 10.9 Å². The smallest absolute Gasteiger partial charge is 0.0912 e. The van der Waals surface area contributed by atoms with Gasteiger partial charge in [-0.2, -0.15) is 0 Å². The van der Waals surface area contributed by atoms with E-state index in [-0.39, 0.29) is 0 Å². The molecule has 4 heteroatoms. The van der Waals surface area contributed by atoms with E-state index in [0.29, 0.717) is 0 Å². The first kappa shape index (κ1) is 15.5.